The van der Waals surface area contributed by atoms with Crippen molar-refractivity contribution in [1.29, 1.82) is 0 Å². The average molecular weight is 449 g/mol. The van der Waals surface area contributed by atoms with E-state index in [4.69, 9.17) is 23.2 Å². The number of nitrogens with zero attached hydrogens (tertiary/aromatic N) is 2. The molecule has 29 heavy (non-hydrogen) atoms. The number of rotatable bonds is 4. The summed E-state index contributed by atoms with van der Waals surface area (Å²) in [5.74, 6) is -1.37. The number of hydrogen-bond donors (Lipinski definition) is 0. The van der Waals surface area contributed by atoms with E-state index in [0.717, 1.165) is 11.8 Å². The first kappa shape index (κ1) is 19.9. The molecule has 1 heterocycles. The highest BCUT2D eigenvalue weighted by Crippen LogP contribution is 2.30. The molecule has 0 bridgehead atoms. The topological polar surface area (TPSA) is 34.9 Å². The van der Waals surface area contributed by atoms with Gasteiger partial charge in [-0.25, -0.2) is 13.8 Å². The van der Waals surface area contributed by atoms with Gasteiger partial charge in [0, 0.05) is 16.3 Å². The van der Waals surface area contributed by atoms with Crippen LogP contribution in [0.15, 0.2) is 70.6 Å². The summed E-state index contributed by atoms with van der Waals surface area (Å²) in [5, 5.41) is 1.33. The van der Waals surface area contributed by atoms with E-state index in [9.17, 15) is 13.6 Å². The highest BCUT2D eigenvalue weighted by Gasteiger charge is 2.17. The van der Waals surface area contributed by atoms with E-state index in [0.29, 0.717) is 26.6 Å². The Kier molecular flexibility index (Phi) is 5.58. The Balaban J connectivity index is 1.90. The van der Waals surface area contributed by atoms with E-state index in [2.05, 4.69) is 4.98 Å². The molecule has 8 heteroatoms. The van der Waals surface area contributed by atoms with Crippen molar-refractivity contribution in [3.8, 4) is 5.69 Å². The third kappa shape index (κ3) is 3.88. The van der Waals surface area contributed by atoms with Gasteiger partial charge in [-0.05, 0) is 42.5 Å². The minimum Gasteiger partial charge on any atom is -0.268 e. The van der Waals surface area contributed by atoms with E-state index in [-0.39, 0.29) is 22.0 Å². The second kappa shape index (κ2) is 8.14. The predicted octanol–water partition coefficient (Wildman–Crippen LogP) is 6.26. The van der Waals surface area contributed by atoms with Crippen molar-refractivity contribution in [3.05, 3.63) is 98.3 Å². The van der Waals surface area contributed by atoms with Gasteiger partial charge in [0.1, 0.15) is 11.6 Å². The third-order valence-electron chi connectivity index (χ3n) is 4.30. The van der Waals surface area contributed by atoms with E-state index < -0.39 is 11.6 Å². The Morgan fingerprint density at radius 2 is 1.69 bits per heavy atom. The summed E-state index contributed by atoms with van der Waals surface area (Å²) in [7, 11) is 0. The maximum atomic E-state index is 14.0. The molecule has 0 amide bonds. The number of fused-ring (bicyclic) bond motifs is 1. The van der Waals surface area contributed by atoms with Crippen LogP contribution in [-0.4, -0.2) is 9.55 Å². The lowest BCUT2D eigenvalue weighted by Crippen LogP contribution is -2.22. The molecule has 0 N–H and O–H groups in total. The third-order valence-corrected chi connectivity index (χ3v) is 5.82. The molecule has 4 rings (SSSR count). The van der Waals surface area contributed by atoms with Crippen LogP contribution < -0.4 is 5.56 Å². The van der Waals surface area contributed by atoms with Gasteiger partial charge in [-0.3, -0.25) is 9.36 Å². The molecule has 0 spiro atoms. The molecular weight excluding hydrogens is 437 g/mol. The first-order chi connectivity index (χ1) is 14.0. The molecule has 0 radical (unpaired) electrons. The van der Waals surface area contributed by atoms with Gasteiger partial charge >= 0.3 is 0 Å². The van der Waals surface area contributed by atoms with Crippen LogP contribution in [-0.2, 0) is 5.75 Å². The van der Waals surface area contributed by atoms with Gasteiger partial charge < -0.3 is 0 Å². The summed E-state index contributed by atoms with van der Waals surface area (Å²) in [6.07, 6.45) is 0. The SMILES string of the molecule is O=c1c2ccccc2nc(SCc2c(F)cccc2F)n1-c1cc(Cl)ccc1Cl. The predicted molar refractivity (Wildman–Crippen MR) is 113 cm³/mol. The fourth-order valence-corrected chi connectivity index (χ4v) is 4.28. The molecule has 0 saturated carbocycles. The summed E-state index contributed by atoms with van der Waals surface area (Å²) >= 11 is 13.5. The van der Waals surface area contributed by atoms with Crippen molar-refractivity contribution < 1.29 is 8.78 Å². The van der Waals surface area contributed by atoms with Gasteiger partial charge in [0.05, 0.1) is 21.6 Å². The second-order valence-electron chi connectivity index (χ2n) is 6.14. The number of halogens is 4. The number of benzene rings is 3. The normalized spacial score (nSPS) is 11.2. The first-order valence-electron chi connectivity index (χ1n) is 8.48. The van der Waals surface area contributed by atoms with Crippen LogP contribution in [0.5, 0.6) is 0 Å². The van der Waals surface area contributed by atoms with Crippen LogP contribution in [0.25, 0.3) is 16.6 Å². The number of hydrogen-bond acceptors (Lipinski definition) is 3. The van der Waals surface area contributed by atoms with Crippen LogP contribution in [0.2, 0.25) is 10.0 Å². The van der Waals surface area contributed by atoms with Crippen molar-refractivity contribution in [2.24, 2.45) is 0 Å². The van der Waals surface area contributed by atoms with Crippen LogP contribution >= 0.6 is 35.0 Å². The second-order valence-corrected chi connectivity index (χ2v) is 7.92. The lowest BCUT2D eigenvalue weighted by atomic mass is 10.2. The molecule has 3 aromatic carbocycles. The van der Waals surface area contributed by atoms with Gasteiger partial charge in [0.15, 0.2) is 5.16 Å². The van der Waals surface area contributed by atoms with Crippen molar-refractivity contribution >= 4 is 45.9 Å². The summed E-state index contributed by atoms with van der Waals surface area (Å²) in [6, 6.07) is 15.3. The average Bonchev–Trinajstić information content (AvgIpc) is 2.70. The largest absolute Gasteiger partial charge is 0.268 e. The lowest BCUT2D eigenvalue weighted by molar-refractivity contribution is 0.566. The molecule has 4 aromatic rings. The molecule has 0 unspecified atom stereocenters. The van der Waals surface area contributed by atoms with E-state index >= 15 is 0 Å². The minimum atomic E-state index is -0.659. The molecule has 0 aliphatic heterocycles. The summed E-state index contributed by atoms with van der Waals surface area (Å²) in [4.78, 5) is 17.8. The molecule has 0 fully saturated rings. The van der Waals surface area contributed by atoms with Crippen LogP contribution in [0, 0.1) is 11.6 Å². The molecule has 1 aromatic heterocycles. The summed E-state index contributed by atoms with van der Waals surface area (Å²) in [5.41, 5.74) is 0.377. The molecular formula is C21H12Cl2F2N2OS. The van der Waals surface area contributed by atoms with Crippen molar-refractivity contribution in [1.82, 2.24) is 9.55 Å². The first-order valence-corrected chi connectivity index (χ1v) is 10.2. The number of para-hydroxylation sites is 1. The van der Waals surface area contributed by atoms with E-state index in [1.807, 2.05) is 0 Å². The maximum Gasteiger partial charge on any atom is 0.266 e. The fourth-order valence-electron chi connectivity index (χ4n) is 2.89. The van der Waals surface area contributed by atoms with Crippen molar-refractivity contribution in [3.63, 3.8) is 0 Å². The smallest absolute Gasteiger partial charge is 0.266 e. The maximum absolute atomic E-state index is 14.0. The monoisotopic (exact) mass is 448 g/mol. The zero-order valence-corrected chi connectivity index (χ0v) is 17.0. The van der Waals surface area contributed by atoms with Gasteiger partial charge in [-0.2, -0.15) is 0 Å². The van der Waals surface area contributed by atoms with Crippen LogP contribution in [0.3, 0.4) is 0 Å². The Labute approximate surface area is 178 Å². The Hall–Kier alpha value is -2.41. The summed E-state index contributed by atoms with van der Waals surface area (Å²) in [6.45, 7) is 0. The van der Waals surface area contributed by atoms with Crippen molar-refractivity contribution in [2.75, 3.05) is 0 Å². The van der Waals surface area contributed by atoms with Gasteiger partial charge in [0.2, 0.25) is 0 Å². The van der Waals surface area contributed by atoms with E-state index in [1.165, 1.54) is 22.8 Å². The highest BCUT2D eigenvalue weighted by molar-refractivity contribution is 7.98. The van der Waals surface area contributed by atoms with Crippen LogP contribution in [0.4, 0.5) is 8.78 Å². The number of thioether (sulfide) groups is 1. The summed E-state index contributed by atoms with van der Waals surface area (Å²) < 4.78 is 29.4. The molecule has 3 nitrogen and oxygen atoms in total. The van der Waals surface area contributed by atoms with E-state index in [1.54, 1.807) is 42.5 Å². The highest BCUT2D eigenvalue weighted by atomic mass is 35.5. The van der Waals surface area contributed by atoms with Crippen LogP contribution in [0.1, 0.15) is 5.56 Å². The lowest BCUT2D eigenvalue weighted by Gasteiger charge is -2.15. The standard InChI is InChI=1S/C21H12Cl2F2N2OS/c22-12-8-9-15(23)19(10-12)27-20(28)13-4-1-2-7-18(13)26-21(27)29-11-14-16(24)5-3-6-17(14)25/h1-10H,11H2. The van der Waals surface area contributed by atoms with Gasteiger partial charge in [0.25, 0.3) is 5.56 Å². The number of aromatic nitrogens is 2. The van der Waals surface area contributed by atoms with Crippen molar-refractivity contribution in [2.45, 2.75) is 10.9 Å². The Bertz CT molecular complexity index is 1270. The molecule has 146 valence electrons. The fraction of sp³-hybridized carbons (Fsp3) is 0.0476. The van der Waals surface area contributed by atoms with Gasteiger partial charge in [-0.1, -0.05) is 53.2 Å². The zero-order valence-electron chi connectivity index (χ0n) is 14.7. The van der Waals surface area contributed by atoms with Gasteiger partial charge in [-0.15, -0.1) is 0 Å². The minimum absolute atomic E-state index is 0.0541. The quantitative estimate of drug-likeness (QED) is 0.272. The molecule has 0 aliphatic carbocycles. The Morgan fingerprint density at radius 1 is 0.966 bits per heavy atom. The molecule has 0 aliphatic rings. The molecule has 0 atom stereocenters. The zero-order chi connectivity index (χ0) is 20.5. The Morgan fingerprint density at radius 3 is 2.45 bits per heavy atom. The molecule has 0 saturated heterocycles.